The number of carboxylic acid groups (broad SMARTS) is 1. The summed E-state index contributed by atoms with van der Waals surface area (Å²) in [4.78, 5) is 23.9. The van der Waals surface area contributed by atoms with Crippen LogP contribution in [0.2, 0.25) is 0 Å². The third kappa shape index (κ3) is 6.06. The van der Waals surface area contributed by atoms with Crippen LogP contribution in [0.25, 0.3) is 10.1 Å². The van der Waals surface area contributed by atoms with Gasteiger partial charge in [0, 0.05) is 18.1 Å². The standard InChI is InChI=1S/C24H22F3N3O5S/c25-24(26,27)19-14-20(29-28-19)35-23(15-7-3-1-4-8-15)30-22(33)17-13-16(10-11-18(17)36-30)34-12-6-2-5-9-21(31)32/h1,3-4,7-8,10-11,13-14,23H,2,5-6,9,12H2,(H,28,29)(H,31,32). The van der Waals surface area contributed by atoms with Gasteiger partial charge in [0.2, 0.25) is 12.1 Å². The quantitative estimate of drug-likeness (QED) is 0.254. The van der Waals surface area contributed by atoms with Crippen LogP contribution >= 0.6 is 11.5 Å². The number of nitrogens with one attached hydrogen (secondary N) is 1. The number of benzene rings is 2. The number of rotatable bonds is 11. The Morgan fingerprint density at radius 3 is 2.58 bits per heavy atom. The van der Waals surface area contributed by atoms with Crippen LogP contribution < -0.4 is 15.0 Å². The number of hydrogen-bond donors (Lipinski definition) is 2. The summed E-state index contributed by atoms with van der Waals surface area (Å²) >= 11 is 1.11. The van der Waals surface area contributed by atoms with Crippen molar-refractivity contribution in [3.8, 4) is 11.6 Å². The van der Waals surface area contributed by atoms with Gasteiger partial charge in [-0.3, -0.25) is 14.7 Å². The molecule has 1 unspecified atom stereocenters. The second kappa shape index (κ2) is 10.9. The summed E-state index contributed by atoms with van der Waals surface area (Å²) in [6.07, 6.45) is -3.60. The number of ether oxygens (including phenoxy) is 2. The molecule has 2 aromatic heterocycles. The van der Waals surface area contributed by atoms with Crippen molar-refractivity contribution < 1.29 is 32.5 Å². The molecule has 0 saturated heterocycles. The number of carboxylic acids is 1. The summed E-state index contributed by atoms with van der Waals surface area (Å²) < 4.78 is 52.5. The minimum Gasteiger partial charge on any atom is -0.494 e. The van der Waals surface area contributed by atoms with E-state index in [0.717, 1.165) is 17.6 Å². The highest BCUT2D eigenvalue weighted by atomic mass is 32.1. The van der Waals surface area contributed by atoms with E-state index in [1.807, 2.05) is 5.10 Å². The first-order valence-corrected chi connectivity index (χ1v) is 11.8. The molecule has 0 radical (unpaired) electrons. The van der Waals surface area contributed by atoms with E-state index in [9.17, 15) is 22.8 Å². The topological polar surface area (TPSA) is 106 Å². The lowest BCUT2D eigenvalue weighted by atomic mass is 10.2. The van der Waals surface area contributed by atoms with E-state index in [2.05, 4.69) is 5.10 Å². The molecule has 0 aliphatic heterocycles. The second-order valence-electron chi connectivity index (χ2n) is 7.93. The maximum absolute atomic E-state index is 13.3. The summed E-state index contributed by atoms with van der Waals surface area (Å²) in [6, 6.07) is 14.5. The normalized spacial score (nSPS) is 12.5. The van der Waals surface area contributed by atoms with E-state index in [-0.39, 0.29) is 17.9 Å². The van der Waals surface area contributed by atoms with Crippen molar-refractivity contribution in [3.63, 3.8) is 0 Å². The van der Waals surface area contributed by atoms with Crippen LogP contribution in [0.1, 0.15) is 43.2 Å². The first-order chi connectivity index (χ1) is 17.2. The number of aliphatic carboxylic acids is 1. The largest absolute Gasteiger partial charge is 0.494 e. The highest BCUT2D eigenvalue weighted by Gasteiger charge is 2.34. The Kier molecular flexibility index (Phi) is 7.63. The molecule has 0 fully saturated rings. The fourth-order valence-electron chi connectivity index (χ4n) is 3.50. The summed E-state index contributed by atoms with van der Waals surface area (Å²) in [6.45, 7) is 0.375. The van der Waals surface area contributed by atoms with Crippen LogP contribution in [-0.2, 0) is 11.0 Å². The van der Waals surface area contributed by atoms with Gasteiger partial charge < -0.3 is 14.6 Å². The van der Waals surface area contributed by atoms with Gasteiger partial charge in [-0.15, -0.1) is 5.10 Å². The van der Waals surface area contributed by atoms with Crippen LogP contribution in [0.15, 0.2) is 59.4 Å². The average Bonchev–Trinajstić information content (AvgIpc) is 3.45. The maximum atomic E-state index is 13.3. The summed E-state index contributed by atoms with van der Waals surface area (Å²) in [5.74, 6) is -0.643. The molecule has 0 saturated carbocycles. The Balaban J connectivity index is 1.57. The lowest BCUT2D eigenvalue weighted by Crippen LogP contribution is -2.24. The van der Waals surface area contributed by atoms with E-state index >= 15 is 0 Å². The number of unbranched alkanes of at least 4 members (excludes halogenated alkanes) is 2. The van der Waals surface area contributed by atoms with Gasteiger partial charge in [0.05, 0.1) is 16.7 Å². The Hall–Kier alpha value is -3.80. The Bertz CT molecular complexity index is 1380. The zero-order valence-electron chi connectivity index (χ0n) is 18.8. The highest BCUT2D eigenvalue weighted by molar-refractivity contribution is 7.13. The first-order valence-electron chi connectivity index (χ1n) is 11.1. The van der Waals surface area contributed by atoms with E-state index < -0.39 is 24.1 Å². The van der Waals surface area contributed by atoms with Gasteiger partial charge in [-0.25, -0.2) is 3.96 Å². The second-order valence-corrected chi connectivity index (χ2v) is 8.95. The van der Waals surface area contributed by atoms with Crippen molar-refractivity contribution in [2.24, 2.45) is 0 Å². The number of nitrogens with zero attached hydrogens (tertiary/aromatic N) is 2. The lowest BCUT2D eigenvalue weighted by molar-refractivity contribution is -0.141. The number of hydrogen-bond acceptors (Lipinski definition) is 6. The molecule has 0 spiro atoms. The molecule has 4 rings (SSSR count). The predicted molar refractivity (Wildman–Crippen MR) is 126 cm³/mol. The molecule has 0 amide bonds. The van der Waals surface area contributed by atoms with Crippen molar-refractivity contribution in [3.05, 3.63) is 76.2 Å². The van der Waals surface area contributed by atoms with Crippen LogP contribution in [0.3, 0.4) is 0 Å². The number of aromatic amines is 1. The Morgan fingerprint density at radius 1 is 1.11 bits per heavy atom. The number of fused-ring (bicyclic) bond motifs is 1. The SMILES string of the molecule is O=C(O)CCCCCOc1ccc2sn(C(Oc3cc(C(F)(F)F)[nH]n3)c3ccccc3)c(=O)c2c1. The van der Waals surface area contributed by atoms with Gasteiger partial charge in [-0.05, 0) is 37.5 Å². The van der Waals surface area contributed by atoms with E-state index in [1.165, 1.54) is 3.96 Å². The van der Waals surface area contributed by atoms with E-state index in [1.54, 1.807) is 48.5 Å². The van der Waals surface area contributed by atoms with Gasteiger partial charge >= 0.3 is 12.1 Å². The fourth-order valence-corrected chi connectivity index (χ4v) is 4.53. The van der Waals surface area contributed by atoms with Gasteiger partial charge in [-0.1, -0.05) is 41.9 Å². The van der Waals surface area contributed by atoms with Crippen molar-refractivity contribution in [2.45, 2.75) is 38.1 Å². The van der Waals surface area contributed by atoms with Crippen molar-refractivity contribution in [1.82, 2.24) is 14.2 Å². The summed E-state index contributed by atoms with van der Waals surface area (Å²) in [5.41, 5.74) is -0.888. The molecule has 2 heterocycles. The number of carbonyl (C=O) groups is 1. The highest BCUT2D eigenvalue weighted by Crippen LogP contribution is 2.32. The molecule has 4 aromatic rings. The zero-order chi connectivity index (χ0) is 25.7. The Morgan fingerprint density at radius 2 is 1.89 bits per heavy atom. The van der Waals surface area contributed by atoms with Gasteiger partial charge in [0.1, 0.15) is 11.4 Å². The number of alkyl halides is 3. The molecule has 0 aliphatic carbocycles. The van der Waals surface area contributed by atoms with Crippen LogP contribution in [-0.4, -0.2) is 31.8 Å². The smallest absolute Gasteiger partial charge is 0.432 e. The minimum absolute atomic E-state index is 0.112. The molecule has 0 bridgehead atoms. The third-order valence-corrected chi connectivity index (χ3v) is 6.38. The zero-order valence-corrected chi connectivity index (χ0v) is 19.6. The molecular weight excluding hydrogens is 499 g/mol. The molecule has 2 N–H and O–H groups in total. The van der Waals surface area contributed by atoms with Crippen LogP contribution in [0.5, 0.6) is 11.6 Å². The van der Waals surface area contributed by atoms with Crippen molar-refractivity contribution in [2.75, 3.05) is 6.61 Å². The molecule has 190 valence electrons. The summed E-state index contributed by atoms with van der Waals surface area (Å²) in [7, 11) is 0. The van der Waals surface area contributed by atoms with Gasteiger partial charge in [0.25, 0.3) is 5.56 Å². The summed E-state index contributed by atoms with van der Waals surface area (Å²) in [5, 5.41) is 14.6. The Labute approximate surface area is 207 Å². The van der Waals surface area contributed by atoms with Crippen LogP contribution in [0, 0.1) is 0 Å². The lowest BCUT2D eigenvalue weighted by Gasteiger charge is -2.17. The maximum Gasteiger partial charge on any atom is 0.432 e. The number of H-pyrrole nitrogens is 1. The molecule has 36 heavy (non-hydrogen) atoms. The molecular formula is C24H22F3N3O5S. The molecule has 8 nitrogen and oxygen atoms in total. The van der Waals surface area contributed by atoms with Crippen LogP contribution in [0.4, 0.5) is 13.2 Å². The monoisotopic (exact) mass is 521 g/mol. The molecule has 0 aliphatic rings. The number of halogens is 3. The number of aromatic nitrogens is 3. The average molecular weight is 522 g/mol. The van der Waals surface area contributed by atoms with Crippen molar-refractivity contribution >= 4 is 27.6 Å². The minimum atomic E-state index is -4.61. The van der Waals surface area contributed by atoms with E-state index in [4.69, 9.17) is 14.6 Å². The van der Waals surface area contributed by atoms with E-state index in [0.29, 0.717) is 47.3 Å². The predicted octanol–water partition coefficient (Wildman–Crippen LogP) is 5.45. The first kappa shape index (κ1) is 25.3. The fraction of sp³-hybridized carbons (Fsp3) is 0.292. The molecule has 12 heteroatoms. The molecule has 2 aromatic carbocycles. The third-order valence-electron chi connectivity index (χ3n) is 5.27. The molecule has 1 atom stereocenters. The van der Waals surface area contributed by atoms with Gasteiger partial charge in [-0.2, -0.15) is 13.2 Å². The van der Waals surface area contributed by atoms with Crippen molar-refractivity contribution in [1.29, 1.82) is 0 Å². The van der Waals surface area contributed by atoms with Gasteiger partial charge in [0.15, 0.2) is 0 Å².